The zero-order chi connectivity index (χ0) is 14.9. The van der Waals surface area contributed by atoms with Crippen LogP contribution in [0.4, 0.5) is 0 Å². The normalized spacial score (nSPS) is 21.1. The summed E-state index contributed by atoms with van der Waals surface area (Å²) in [4.78, 5) is 32.7. The van der Waals surface area contributed by atoms with Crippen molar-refractivity contribution in [3.8, 4) is 0 Å². The highest BCUT2D eigenvalue weighted by molar-refractivity contribution is 5.92. The molecule has 0 aliphatic carbocycles. The van der Waals surface area contributed by atoms with Crippen LogP contribution in [0.5, 0.6) is 0 Å². The van der Waals surface area contributed by atoms with Crippen molar-refractivity contribution < 1.29 is 9.59 Å². The van der Waals surface area contributed by atoms with E-state index in [9.17, 15) is 9.59 Å². The van der Waals surface area contributed by atoms with Crippen molar-refractivity contribution in [3.63, 3.8) is 0 Å². The van der Waals surface area contributed by atoms with Crippen LogP contribution in [0.15, 0.2) is 24.4 Å². The Kier molecular flexibility index (Phi) is 3.66. The van der Waals surface area contributed by atoms with E-state index in [2.05, 4.69) is 4.98 Å². The Hall–Kier alpha value is -1.91. The molecule has 3 rings (SSSR count). The molecule has 1 aromatic rings. The maximum absolute atomic E-state index is 12.5. The summed E-state index contributed by atoms with van der Waals surface area (Å²) in [5, 5.41) is 0. The minimum absolute atomic E-state index is 0.0248. The summed E-state index contributed by atoms with van der Waals surface area (Å²) in [5.74, 6) is 0.262. The number of piperidine rings is 1. The zero-order valence-corrected chi connectivity index (χ0v) is 12.4. The molecule has 21 heavy (non-hydrogen) atoms. The van der Waals surface area contributed by atoms with Crippen LogP contribution >= 0.6 is 0 Å². The van der Waals surface area contributed by atoms with Gasteiger partial charge in [0.2, 0.25) is 5.91 Å². The van der Waals surface area contributed by atoms with E-state index in [0.29, 0.717) is 18.8 Å². The van der Waals surface area contributed by atoms with Crippen molar-refractivity contribution >= 4 is 11.8 Å². The Balaban J connectivity index is 1.66. The number of nitrogens with zero attached hydrogens (tertiary/aromatic N) is 3. The summed E-state index contributed by atoms with van der Waals surface area (Å²) in [6.07, 6.45) is 4.13. The minimum atomic E-state index is -0.211. The molecular formula is C16H21N3O2. The lowest BCUT2D eigenvalue weighted by Gasteiger charge is -2.37. The van der Waals surface area contributed by atoms with E-state index < -0.39 is 0 Å². The molecule has 2 amide bonds. The quantitative estimate of drug-likeness (QED) is 0.829. The molecular weight excluding hydrogens is 266 g/mol. The summed E-state index contributed by atoms with van der Waals surface area (Å²) < 4.78 is 0. The second-order valence-electron chi connectivity index (χ2n) is 5.92. The molecule has 0 atom stereocenters. The van der Waals surface area contributed by atoms with Gasteiger partial charge in [-0.1, -0.05) is 6.07 Å². The number of carbonyl (C=O) groups excluding carboxylic acids is 2. The van der Waals surface area contributed by atoms with E-state index in [1.54, 1.807) is 18.3 Å². The number of aromatic nitrogens is 1. The van der Waals surface area contributed by atoms with Gasteiger partial charge >= 0.3 is 0 Å². The van der Waals surface area contributed by atoms with Gasteiger partial charge in [0.1, 0.15) is 5.69 Å². The van der Waals surface area contributed by atoms with E-state index in [4.69, 9.17) is 0 Å². The lowest BCUT2D eigenvalue weighted by molar-refractivity contribution is -0.137. The number of likely N-dealkylation sites (tertiary alicyclic amines) is 2. The van der Waals surface area contributed by atoms with Crippen LogP contribution in [-0.4, -0.2) is 52.8 Å². The van der Waals surface area contributed by atoms with Crippen LogP contribution in [0.3, 0.4) is 0 Å². The second kappa shape index (κ2) is 5.47. The molecule has 0 aromatic carbocycles. The molecule has 2 saturated heterocycles. The molecule has 1 spiro atoms. The van der Waals surface area contributed by atoms with Crippen LogP contribution < -0.4 is 0 Å². The van der Waals surface area contributed by atoms with Gasteiger partial charge in [-0.25, -0.2) is 0 Å². The first-order chi connectivity index (χ1) is 10.2. The van der Waals surface area contributed by atoms with Gasteiger partial charge in [0.15, 0.2) is 0 Å². The van der Waals surface area contributed by atoms with E-state index in [0.717, 1.165) is 32.4 Å². The van der Waals surface area contributed by atoms with Crippen molar-refractivity contribution in [3.05, 3.63) is 30.1 Å². The first-order valence-electron chi connectivity index (χ1n) is 7.66. The monoisotopic (exact) mass is 287 g/mol. The average molecular weight is 287 g/mol. The van der Waals surface area contributed by atoms with E-state index >= 15 is 0 Å². The smallest absolute Gasteiger partial charge is 0.272 e. The summed E-state index contributed by atoms with van der Waals surface area (Å²) in [6, 6.07) is 5.37. The highest BCUT2D eigenvalue weighted by atomic mass is 16.2. The third-order valence-corrected chi connectivity index (χ3v) is 4.87. The van der Waals surface area contributed by atoms with Gasteiger partial charge in [0.25, 0.3) is 5.91 Å². The Morgan fingerprint density at radius 1 is 1.24 bits per heavy atom. The van der Waals surface area contributed by atoms with Crippen molar-refractivity contribution in [2.45, 2.75) is 26.2 Å². The maximum Gasteiger partial charge on any atom is 0.272 e. The fraction of sp³-hybridized carbons (Fsp3) is 0.562. The van der Waals surface area contributed by atoms with Gasteiger partial charge in [-0.3, -0.25) is 14.6 Å². The lowest BCUT2D eigenvalue weighted by Crippen LogP contribution is -2.46. The van der Waals surface area contributed by atoms with Crippen LogP contribution in [0.2, 0.25) is 0 Å². The van der Waals surface area contributed by atoms with Crippen molar-refractivity contribution in [2.75, 3.05) is 26.2 Å². The number of carbonyl (C=O) groups is 2. The van der Waals surface area contributed by atoms with Gasteiger partial charge in [0.05, 0.1) is 5.41 Å². The lowest BCUT2D eigenvalue weighted by atomic mass is 9.77. The Labute approximate surface area is 124 Å². The fourth-order valence-electron chi connectivity index (χ4n) is 3.45. The van der Waals surface area contributed by atoms with Crippen LogP contribution in [0.25, 0.3) is 0 Å². The first-order valence-corrected chi connectivity index (χ1v) is 7.66. The van der Waals surface area contributed by atoms with Crippen molar-refractivity contribution in [2.24, 2.45) is 5.41 Å². The van der Waals surface area contributed by atoms with Crippen LogP contribution in [-0.2, 0) is 4.79 Å². The minimum Gasteiger partial charge on any atom is -0.342 e. The zero-order valence-electron chi connectivity index (χ0n) is 12.4. The molecule has 0 bridgehead atoms. The molecule has 3 heterocycles. The molecule has 0 N–H and O–H groups in total. The van der Waals surface area contributed by atoms with Crippen LogP contribution in [0, 0.1) is 5.41 Å². The van der Waals surface area contributed by atoms with E-state index in [1.807, 2.05) is 22.8 Å². The molecule has 1 aromatic heterocycles. The number of amides is 2. The number of pyridine rings is 1. The highest BCUT2D eigenvalue weighted by Crippen LogP contribution is 2.41. The van der Waals surface area contributed by atoms with Gasteiger partial charge < -0.3 is 9.80 Å². The van der Waals surface area contributed by atoms with E-state index in [-0.39, 0.29) is 17.2 Å². The molecule has 2 fully saturated rings. The van der Waals surface area contributed by atoms with Crippen molar-refractivity contribution in [1.82, 2.24) is 14.8 Å². The third kappa shape index (κ3) is 2.41. The van der Waals surface area contributed by atoms with E-state index in [1.165, 1.54) is 0 Å². The molecule has 2 aliphatic heterocycles. The largest absolute Gasteiger partial charge is 0.342 e. The predicted octanol–water partition coefficient (Wildman–Crippen LogP) is 1.56. The van der Waals surface area contributed by atoms with Crippen LogP contribution in [0.1, 0.15) is 36.7 Å². The summed E-state index contributed by atoms with van der Waals surface area (Å²) in [6.45, 7) is 4.98. The number of rotatable bonds is 2. The first kappa shape index (κ1) is 14.0. The predicted molar refractivity (Wildman–Crippen MR) is 78.7 cm³/mol. The highest BCUT2D eigenvalue weighted by Gasteiger charge is 2.48. The SMILES string of the molecule is CCN1CCC2(CCN(C(=O)c3ccccn3)CC2)C1=O. The van der Waals surface area contributed by atoms with Gasteiger partial charge in [0, 0.05) is 32.4 Å². The van der Waals surface area contributed by atoms with Gasteiger partial charge in [-0.2, -0.15) is 0 Å². The third-order valence-electron chi connectivity index (χ3n) is 4.87. The van der Waals surface area contributed by atoms with Gasteiger partial charge in [-0.15, -0.1) is 0 Å². The Morgan fingerprint density at radius 3 is 2.52 bits per heavy atom. The molecule has 5 nitrogen and oxygen atoms in total. The van der Waals surface area contributed by atoms with Gasteiger partial charge in [-0.05, 0) is 38.3 Å². The number of hydrogen-bond donors (Lipinski definition) is 0. The summed E-state index contributed by atoms with van der Waals surface area (Å²) in [7, 11) is 0. The van der Waals surface area contributed by atoms with Crippen molar-refractivity contribution in [1.29, 1.82) is 0 Å². The summed E-state index contributed by atoms with van der Waals surface area (Å²) in [5.41, 5.74) is 0.276. The fourth-order valence-corrected chi connectivity index (χ4v) is 3.45. The Morgan fingerprint density at radius 2 is 1.95 bits per heavy atom. The summed E-state index contributed by atoms with van der Waals surface area (Å²) >= 11 is 0. The topological polar surface area (TPSA) is 53.5 Å². The molecule has 2 aliphatic rings. The average Bonchev–Trinajstić information content (AvgIpc) is 2.85. The second-order valence-corrected chi connectivity index (χ2v) is 5.92. The maximum atomic E-state index is 12.5. The number of hydrogen-bond acceptors (Lipinski definition) is 3. The Bertz CT molecular complexity index is 536. The molecule has 0 unspecified atom stereocenters. The molecule has 0 radical (unpaired) electrons. The standard InChI is InChI=1S/C16H21N3O2/c1-2-18-10-6-16(15(18)21)7-11-19(12-8-16)14(20)13-5-3-4-9-17-13/h3-5,9H,2,6-8,10-12H2,1H3. The molecule has 5 heteroatoms. The molecule has 112 valence electrons. The molecule has 0 saturated carbocycles.